The summed E-state index contributed by atoms with van der Waals surface area (Å²) in [7, 11) is -1.83. The van der Waals surface area contributed by atoms with Crippen molar-refractivity contribution in [3.63, 3.8) is 0 Å². The number of methoxy groups -OCH3 is 1. The van der Waals surface area contributed by atoms with Crippen LogP contribution in [0.25, 0.3) is 20.8 Å². The number of pyridine rings is 1. The van der Waals surface area contributed by atoms with Gasteiger partial charge in [-0.1, -0.05) is 0 Å². The minimum Gasteiger partial charge on any atom is -0.497 e. The average Bonchev–Trinajstić information content (AvgIpc) is 3.03. The SMILES string of the molecule is COc1ccc2sc(-c3cncc(NC(=O)CNS(C)(=O)=O)c3)nc2c1. The van der Waals surface area contributed by atoms with Crippen LogP contribution in [0.1, 0.15) is 0 Å². The lowest BCUT2D eigenvalue weighted by atomic mass is 10.2. The summed E-state index contributed by atoms with van der Waals surface area (Å²) >= 11 is 1.50. The Morgan fingerprint density at radius 2 is 2.08 bits per heavy atom. The average molecular weight is 392 g/mol. The van der Waals surface area contributed by atoms with Crippen molar-refractivity contribution in [2.75, 3.05) is 25.2 Å². The van der Waals surface area contributed by atoms with Gasteiger partial charge >= 0.3 is 0 Å². The maximum atomic E-state index is 11.8. The van der Waals surface area contributed by atoms with Crippen LogP contribution in [0.3, 0.4) is 0 Å². The summed E-state index contributed by atoms with van der Waals surface area (Å²) in [5.41, 5.74) is 2.02. The molecule has 2 heterocycles. The van der Waals surface area contributed by atoms with Crippen molar-refractivity contribution < 1.29 is 17.9 Å². The molecule has 0 aliphatic heterocycles. The van der Waals surface area contributed by atoms with Crippen LogP contribution in [-0.4, -0.2) is 44.2 Å². The van der Waals surface area contributed by atoms with Gasteiger partial charge in [-0.2, -0.15) is 0 Å². The van der Waals surface area contributed by atoms with E-state index in [-0.39, 0.29) is 6.54 Å². The number of benzene rings is 1. The lowest BCUT2D eigenvalue weighted by molar-refractivity contribution is -0.115. The highest BCUT2D eigenvalue weighted by atomic mass is 32.2. The molecule has 0 radical (unpaired) electrons. The Hall–Kier alpha value is -2.56. The Morgan fingerprint density at radius 3 is 2.81 bits per heavy atom. The van der Waals surface area contributed by atoms with Crippen molar-refractivity contribution in [1.82, 2.24) is 14.7 Å². The highest BCUT2D eigenvalue weighted by Gasteiger charge is 2.11. The molecule has 26 heavy (non-hydrogen) atoms. The molecule has 3 aromatic rings. The number of amides is 1. The molecular weight excluding hydrogens is 376 g/mol. The number of sulfonamides is 1. The molecule has 0 saturated heterocycles. The number of anilines is 1. The zero-order valence-corrected chi connectivity index (χ0v) is 15.6. The highest BCUT2D eigenvalue weighted by molar-refractivity contribution is 7.88. The van der Waals surface area contributed by atoms with Crippen LogP contribution in [0, 0.1) is 0 Å². The van der Waals surface area contributed by atoms with E-state index in [9.17, 15) is 13.2 Å². The third-order valence-electron chi connectivity index (χ3n) is 3.36. The summed E-state index contributed by atoms with van der Waals surface area (Å²) in [5.74, 6) is 0.246. The van der Waals surface area contributed by atoms with Gasteiger partial charge in [0.1, 0.15) is 10.8 Å². The number of nitrogens with one attached hydrogen (secondary N) is 2. The first kappa shape index (κ1) is 18.2. The molecule has 0 unspecified atom stereocenters. The largest absolute Gasteiger partial charge is 0.497 e. The second-order valence-electron chi connectivity index (χ2n) is 5.46. The number of hydrogen-bond acceptors (Lipinski definition) is 7. The second kappa shape index (κ2) is 7.36. The van der Waals surface area contributed by atoms with Crippen LogP contribution >= 0.6 is 11.3 Å². The number of rotatable bonds is 6. The lowest BCUT2D eigenvalue weighted by Crippen LogP contribution is -2.32. The molecule has 0 spiro atoms. The first-order valence-corrected chi connectivity index (χ1v) is 10.2. The van der Waals surface area contributed by atoms with Gasteiger partial charge in [0.25, 0.3) is 0 Å². The summed E-state index contributed by atoms with van der Waals surface area (Å²) in [6.45, 7) is -0.343. The summed E-state index contributed by atoms with van der Waals surface area (Å²) in [6, 6.07) is 7.39. The second-order valence-corrected chi connectivity index (χ2v) is 8.32. The van der Waals surface area contributed by atoms with Crippen molar-refractivity contribution in [2.24, 2.45) is 0 Å². The van der Waals surface area contributed by atoms with E-state index in [1.54, 1.807) is 19.4 Å². The summed E-state index contributed by atoms with van der Waals surface area (Å²) in [4.78, 5) is 20.5. The van der Waals surface area contributed by atoms with Gasteiger partial charge in [-0.25, -0.2) is 18.1 Å². The van der Waals surface area contributed by atoms with Crippen molar-refractivity contribution in [1.29, 1.82) is 0 Å². The van der Waals surface area contributed by atoms with Crippen molar-refractivity contribution in [2.45, 2.75) is 0 Å². The summed E-state index contributed by atoms with van der Waals surface area (Å²) < 4.78 is 30.4. The fourth-order valence-corrected chi connectivity index (χ4v) is 3.51. The third kappa shape index (κ3) is 4.54. The van der Waals surface area contributed by atoms with Crippen LogP contribution in [0.15, 0.2) is 36.7 Å². The highest BCUT2D eigenvalue weighted by Crippen LogP contribution is 2.32. The fourth-order valence-electron chi connectivity index (χ4n) is 2.18. The van der Waals surface area contributed by atoms with Crippen LogP contribution in [-0.2, 0) is 14.8 Å². The van der Waals surface area contributed by atoms with Gasteiger partial charge in [0.15, 0.2) is 0 Å². The molecule has 2 N–H and O–H groups in total. The fraction of sp³-hybridized carbons (Fsp3) is 0.188. The topological polar surface area (TPSA) is 110 Å². The number of fused-ring (bicyclic) bond motifs is 1. The number of hydrogen-bond donors (Lipinski definition) is 2. The Balaban J connectivity index is 1.79. The van der Waals surface area contributed by atoms with E-state index >= 15 is 0 Å². The predicted molar refractivity (Wildman–Crippen MR) is 101 cm³/mol. The van der Waals surface area contributed by atoms with E-state index in [2.05, 4.69) is 20.0 Å². The van der Waals surface area contributed by atoms with E-state index in [1.165, 1.54) is 17.5 Å². The molecule has 0 fully saturated rings. The standard InChI is InChI=1S/C16H16N4O4S2/c1-24-12-3-4-14-13(6-12)20-16(25-14)10-5-11(8-17-7-10)19-15(21)9-18-26(2,22)23/h3-8,18H,9H2,1-2H3,(H,19,21). The molecule has 0 saturated carbocycles. The lowest BCUT2D eigenvalue weighted by Gasteiger charge is -2.06. The molecule has 0 aliphatic rings. The number of nitrogens with zero attached hydrogens (tertiary/aromatic N) is 2. The minimum absolute atomic E-state index is 0.343. The van der Waals surface area contributed by atoms with Crippen LogP contribution < -0.4 is 14.8 Å². The van der Waals surface area contributed by atoms with Crippen LogP contribution in [0.2, 0.25) is 0 Å². The first-order valence-electron chi connectivity index (χ1n) is 7.48. The van der Waals surface area contributed by atoms with E-state index in [4.69, 9.17) is 4.74 Å². The summed E-state index contributed by atoms with van der Waals surface area (Å²) in [5, 5.41) is 3.36. The van der Waals surface area contributed by atoms with Gasteiger partial charge < -0.3 is 10.1 Å². The van der Waals surface area contributed by atoms with Gasteiger partial charge in [-0.05, 0) is 18.2 Å². The van der Waals surface area contributed by atoms with E-state index < -0.39 is 15.9 Å². The summed E-state index contributed by atoms with van der Waals surface area (Å²) in [6.07, 6.45) is 4.13. The van der Waals surface area contributed by atoms with Gasteiger partial charge in [0, 0.05) is 17.8 Å². The molecule has 136 valence electrons. The van der Waals surface area contributed by atoms with Crippen LogP contribution in [0.4, 0.5) is 5.69 Å². The van der Waals surface area contributed by atoms with Crippen molar-refractivity contribution in [3.8, 4) is 16.3 Å². The number of carbonyl (C=O) groups excluding carboxylic acids is 1. The molecular formula is C16H16N4O4S2. The Bertz CT molecular complexity index is 1060. The van der Waals surface area contributed by atoms with Gasteiger partial charge in [-0.3, -0.25) is 9.78 Å². The predicted octanol–water partition coefficient (Wildman–Crippen LogP) is 1.85. The third-order valence-corrected chi connectivity index (χ3v) is 5.11. The van der Waals surface area contributed by atoms with Gasteiger partial charge in [-0.15, -0.1) is 11.3 Å². The van der Waals surface area contributed by atoms with E-state index in [0.29, 0.717) is 5.69 Å². The molecule has 0 aliphatic carbocycles. The molecule has 2 aromatic heterocycles. The van der Waals surface area contributed by atoms with E-state index in [1.807, 2.05) is 18.2 Å². The smallest absolute Gasteiger partial charge is 0.239 e. The number of carbonyl (C=O) groups is 1. The molecule has 0 bridgehead atoms. The van der Waals surface area contributed by atoms with Crippen molar-refractivity contribution >= 4 is 43.2 Å². The van der Waals surface area contributed by atoms with Crippen molar-refractivity contribution in [3.05, 3.63) is 36.7 Å². The molecule has 10 heteroatoms. The quantitative estimate of drug-likeness (QED) is 0.662. The Labute approximate surface area is 154 Å². The Kier molecular flexibility index (Phi) is 5.16. The molecule has 8 nitrogen and oxygen atoms in total. The molecule has 1 aromatic carbocycles. The van der Waals surface area contributed by atoms with E-state index in [0.717, 1.165) is 32.8 Å². The first-order chi connectivity index (χ1) is 12.3. The number of ether oxygens (including phenoxy) is 1. The number of thiazole rings is 1. The zero-order chi connectivity index (χ0) is 18.7. The normalized spacial score (nSPS) is 11.5. The Morgan fingerprint density at radius 1 is 1.27 bits per heavy atom. The molecule has 1 amide bonds. The maximum absolute atomic E-state index is 11.8. The molecule has 3 rings (SSSR count). The van der Waals surface area contributed by atoms with Gasteiger partial charge in [0.05, 0.1) is 42.0 Å². The minimum atomic E-state index is -3.43. The zero-order valence-electron chi connectivity index (χ0n) is 14.0. The van der Waals surface area contributed by atoms with Gasteiger partial charge in [0.2, 0.25) is 15.9 Å². The van der Waals surface area contributed by atoms with Crippen LogP contribution in [0.5, 0.6) is 5.75 Å². The monoisotopic (exact) mass is 392 g/mol. The number of aromatic nitrogens is 2. The molecule has 0 atom stereocenters. The maximum Gasteiger partial charge on any atom is 0.239 e.